The predicted molar refractivity (Wildman–Crippen MR) is 131 cm³/mol. The van der Waals surface area contributed by atoms with Crippen LogP contribution in [-0.2, 0) is 20.9 Å². The molecular formula is C28H28FN3O3. The largest absolute Gasteiger partial charge is 0.365 e. The zero-order valence-corrected chi connectivity index (χ0v) is 19.5. The van der Waals surface area contributed by atoms with Crippen LogP contribution in [0.4, 0.5) is 15.8 Å². The Morgan fingerprint density at radius 3 is 2.60 bits per heavy atom. The van der Waals surface area contributed by atoms with E-state index in [0.717, 1.165) is 36.9 Å². The summed E-state index contributed by atoms with van der Waals surface area (Å²) in [6.45, 7) is -0.102. The zero-order valence-electron chi connectivity index (χ0n) is 19.5. The van der Waals surface area contributed by atoms with Crippen LogP contribution in [0, 0.1) is 5.82 Å². The van der Waals surface area contributed by atoms with Gasteiger partial charge in [0.2, 0.25) is 0 Å². The quantitative estimate of drug-likeness (QED) is 0.474. The lowest BCUT2D eigenvalue weighted by molar-refractivity contribution is -0.127. The lowest BCUT2D eigenvalue weighted by Crippen LogP contribution is -2.46. The average Bonchev–Trinajstić information content (AvgIpc) is 3.17. The standard InChI is InChI=1S/C28H28FN3O3/c29-20-9-8-13-23(17-20)32(26(33)19-35-18-21-10-6-7-16-30-21)27-24-14-4-5-15-25(24)31(28(27)34)22-11-2-1-3-12-22/h4-10,13-17,22,27H,1-3,11-12,18-19H2. The number of para-hydroxylation sites is 1. The van der Waals surface area contributed by atoms with Gasteiger partial charge in [0.05, 0.1) is 12.3 Å². The summed E-state index contributed by atoms with van der Waals surface area (Å²) >= 11 is 0. The molecule has 0 N–H and O–H groups in total. The summed E-state index contributed by atoms with van der Waals surface area (Å²) in [6, 6.07) is 18.1. The average molecular weight is 474 g/mol. The number of halogens is 1. The highest BCUT2D eigenvalue weighted by molar-refractivity contribution is 6.11. The van der Waals surface area contributed by atoms with E-state index in [1.54, 1.807) is 18.3 Å². The summed E-state index contributed by atoms with van der Waals surface area (Å²) in [4.78, 5) is 35.0. The number of anilines is 2. The molecule has 1 unspecified atom stereocenters. The Bertz CT molecular complexity index is 1200. The van der Waals surface area contributed by atoms with Crippen LogP contribution in [0.15, 0.2) is 72.9 Å². The third-order valence-corrected chi connectivity index (χ3v) is 6.72. The second kappa shape index (κ2) is 10.4. The maximum atomic E-state index is 14.2. The van der Waals surface area contributed by atoms with Gasteiger partial charge < -0.3 is 9.64 Å². The number of ether oxygens (including phenoxy) is 1. The fourth-order valence-electron chi connectivity index (χ4n) is 5.15. The van der Waals surface area contributed by atoms with Crippen molar-refractivity contribution in [2.24, 2.45) is 0 Å². The molecule has 2 aromatic carbocycles. The highest BCUT2D eigenvalue weighted by atomic mass is 19.1. The van der Waals surface area contributed by atoms with Crippen molar-refractivity contribution in [3.63, 3.8) is 0 Å². The van der Waals surface area contributed by atoms with E-state index in [-0.39, 0.29) is 25.2 Å². The molecule has 1 saturated carbocycles. The minimum Gasteiger partial charge on any atom is -0.365 e. The normalized spacial score (nSPS) is 17.9. The molecule has 1 aromatic heterocycles. The minimum absolute atomic E-state index is 0.104. The Hall–Kier alpha value is -3.58. The number of aromatic nitrogens is 1. The van der Waals surface area contributed by atoms with Gasteiger partial charge in [-0.2, -0.15) is 0 Å². The number of pyridine rings is 1. The molecule has 2 aliphatic rings. The van der Waals surface area contributed by atoms with Crippen LogP contribution in [0.5, 0.6) is 0 Å². The van der Waals surface area contributed by atoms with Gasteiger partial charge in [-0.15, -0.1) is 0 Å². The molecule has 6 nitrogen and oxygen atoms in total. The summed E-state index contributed by atoms with van der Waals surface area (Å²) < 4.78 is 19.9. The van der Waals surface area contributed by atoms with Gasteiger partial charge in [-0.05, 0) is 49.2 Å². The van der Waals surface area contributed by atoms with Gasteiger partial charge >= 0.3 is 0 Å². The van der Waals surface area contributed by atoms with Crippen molar-refractivity contribution in [2.75, 3.05) is 16.4 Å². The summed E-state index contributed by atoms with van der Waals surface area (Å²) in [5, 5.41) is 0. The third kappa shape index (κ3) is 4.82. The van der Waals surface area contributed by atoms with Crippen LogP contribution >= 0.6 is 0 Å². The topological polar surface area (TPSA) is 62.7 Å². The van der Waals surface area contributed by atoms with E-state index >= 15 is 0 Å². The van der Waals surface area contributed by atoms with Gasteiger partial charge in [-0.3, -0.25) is 19.5 Å². The van der Waals surface area contributed by atoms with Crippen LogP contribution < -0.4 is 9.80 Å². The molecule has 5 rings (SSSR count). The number of fused-ring (bicyclic) bond motifs is 1. The maximum absolute atomic E-state index is 14.2. The van der Waals surface area contributed by atoms with E-state index in [1.807, 2.05) is 47.4 Å². The van der Waals surface area contributed by atoms with Gasteiger partial charge in [0, 0.05) is 29.2 Å². The summed E-state index contributed by atoms with van der Waals surface area (Å²) in [6.07, 6.45) is 6.87. The van der Waals surface area contributed by atoms with E-state index in [1.165, 1.54) is 23.5 Å². The van der Waals surface area contributed by atoms with Crippen molar-refractivity contribution in [3.8, 4) is 0 Å². The number of amides is 2. The van der Waals surface area contributed by atoms with E-state index in [4.69, 9.17) is 4.74 Å². The first-order valence-electron chi connectivity index (χ1n) is 12.1. The highest BCUT2D eigenvalue weighted by Crippen LogP contribution is 2.44. The van der Waals surface area contributed by atoms with Crippen molar-refractivity contribution < 1.29 is 18.7 Å². The minimum atomic E-state index is -0.874. The first kappa shape index (κ1) is 23.2. The van der Waals surface area contributed by atoms with Crippen molar-refractivity contribution in [1.82, 2.24) is 4.98 Å². The van der Waals surface area contributed by atoms with E-state index < -0.39 is 17.8 Å². The van der Waals surface area contributed by atoms with E-state index in [0.29, 0.717) is 11.4 Å². The Labute approximate surface area is 204 Å². The molecule has 0 radical (unpaired) electrons. The van der Waals surface area contributed by atoms with Crippen LogP contribution in [0.1, 0.15) is 49.4 Å². The van der Waals surface area contributed by atoms with Crippen molar-refractivity contribution in [1.29, 1.82) is 0 Å². The number of benzene rings is 2. The molecule has 1 fully saturated rings. The summed E-state index contributed by atoms with van der Waals surface area (Å²) in [5.74, 6) is -1.04. The van der Waals surface area contributed by atoms with Gasteiger partial charge in [0.15, 0.2) is 0 Å². The lowest BCUT2D eigenvalue weighted by atomic mass is 9.94. The summed E-state index contributed by atoms with van der Waals surface area (Å²) in [5.41, 5.74) is 2.61. The molecule has 1 aliphatic heterocycles. The Morgan fingerprint density at radius 1 is 1.03 bits per heavy atom. The third-order valence-electron chi connectivity index (χ3n) is 6.72. The number of carbonyl (C=O) groups is 2. The molecule has 1 atom stereocenters. The fourth-order valence-corrected chi connectivity index (χ4v) is 5.15. The first-order valence-corrected chi connectivity index (χ1v) is 12.1. The molecule has 2 heterocycles. The van der Waals surface area contributed by atoms with E-state index in [2.05, 4.69) is 4.98 Å². The second-order valence-electron chi connectivity index (χ2n) is 9.02. The molecule has 180 valence electrons. The van der Waals surface area contributed by atoms with Gasteiger partial charge in [-0.25, -0.2) is 4.39 Å². The monoisotopic (exact) mass is 473 g/mol. The number of carbonyl (C=O) groups excluding carboxylic acids is 2. The van der Waals surface area contributed by atoms with Crippen LogP contribution in [0.25, 0.3) is 0 Å². The zero-order chi connectivity index (χ0) is 24.2. The molecule has 35 heavy (non-hydrogen) atoms. The number of nitrogens with zero attached hydrogens (tertiary/aromatic N) is 3. The SMILES string of the molecule is O=C1C(N(C(=O)COCc2ccccn2)c2cccc(F)c2)c2ccccc2N1C1CCCCC1. The van der Waals surface area contributed by atoms with Gasteiger partial charge in [-0.1, -0.05) is 49.6 Å². The number of hydrogen-bond donors (Lipinski definition) is 0. The Kier molecular flexibility index (Phi) is 6.86. The van der Waals surface area contributed by atoms with E-state index in [9.17, 15) is 14.0 Å². The van der Waals surface area contributed by atoms with Crippen LogP contribution in [-0.4, -0.2) is 29.4 Å². The van der Waals surface area contributed by atoms with Crippen molar-refractivity contribution in [3.05, 3.63) is 90.0 Å². The number of hydrogen-bond acceptors (Lipinski definition) is 4. The molecule has 3 aromatic rings. The lowest BCUT2D eigenvalue weighted by Gasteiger charge is -2.33. The molecule has 2 amide bonds. The van der Waals surface area contributed by atoms with Crippen LogP contribution in [0.2, 0.25) is 0 Å². The fraction of sp³-hybridized carbons (Fsp3) is 0.321. The maximum Gasteiger partial charge on any atom is 0.255 e. The molecule has 0 bridgehead atoms. The van der Waals surface area contributed by atoms with Crippen molar-refractivity contribution >= 4 is 23.2 Å². The first-order chi connectivity index (χ1) is 17.1. The summed E-state index contributed by atoms with van der Waals surface area (Å²) in [7, 11) is 0. The number of rotatable bonds is 7. The molecule has 7 heteroatoms. The smallest absolute Gasteiger partial charge is 0.255 e. The van der Waals surface area contributed by atoms with Crippen LogP contribution in [0.3, 0.4) is 0 Å². The predicted octanol–water partition coefficient (Wildman–Crippen LogP) is 5.19. The highest BCUT2D eigenvalue weighted by Gasteiger charge is 2.45. The Morgan fingerprint density at radius 2 is 1.83 bits per heavy atom. The van der Waals surface area contributed by atoms with Crippen molar-refractivity contribution in [2.45, 2.75) is 50.8 Å². The molecule has 0 saturated heterocycles. The van der Waals surface area contributed by atoms with Gasteiger partial charge in [0.25, 0.3) is 11.8 Å². The second-order valence-corrected chi connectivity index (χ2v) is 9.02. The molecular weight excluding hydrogens is 445 g/mol. The molecule has 0 spiro atoms. The Balaban J connectivity index is 1.47. The van der Waals surface area contributed by atoms with Gasteiger partial charge in [0.1, 0.15) is 18.5 Å². The molecule has 1 aliphatic carbocycles.